The van der Waals surface area contributed by atoms with Crippen LogP contribution in [0.15, 0.2) is 94.9 Å². The molecule has 180 valence electrons. The lowest BCUT2D eigenvalue weighted by Crippen LogP contribution is -3.00. The number of benzene rings is 3. The lowest BCUT2D eigenvalue weighted by atomic mass is 9.91. The number of hydrogen-bond donors (Lipinski definition) is 0. The summed E-state index contributed by atoms with van der Waals surface area (Å²) in [7, 11) is 0. The lowest BCUT2D eigenvalue weighted by molar-refractivity contribution is -0.684. The Morgan fingerprint density at radius 1 is 0.914 bits per heavy atom. The van der Waals surface area contributed by atoms with E-state index < -0.39 is 5.92 Å². The van der Waals surface area contributed by atoms with Crippen molar-refractivity contribution in [2.24, 2.45) is 0 Å². The number of carbonyl (C=O) groups excluding carboxylic acids is 2. The Morgan fingerprint density at radius 3 is 2.06 bits per heavy atom. The number of ether oxygens (including phenoxy) is 1. The second-order valence-corrected chi connectivity index (χ2v) is 9.82. The molecule has 0 unspecified atom stereocenters. The summed E-state index contributed by atoms with van der Waals surface area (Å²) in [5.74, 6) is -0.657. The molecule has 4 rings (SSSR count). The lowest BCUT2D eigenvalue weighted by Gasteiger charge is -2.17. The van der Waals surface area contributed by atoms with E-state index in [1.54, 1.807) is 11.3 Å². The van der Waals surface area contributed by atoms with Crippen LogP contribution in [-0.4, -0.2) is 18.4 Å². The Balaban J connectivity index is 0.00000342. The van der Waals surface area contributed by atoms with Crippen molar-refractivity contribution in [3.05, 3.63) is 122 Å². The Hall–Kier alpha value is -2.61. The molecule has 35 heavy (non-hydrogen) atoms. The first-order chi connectivity index (χ1) is 16.5. The number of thiazole rings is 1. The number of hydrogen-bond acceptors (Lipinski definition) is 4. The molecule has 4 aromatic rings. The van der Waals surface area contributed by atoms with Crippen molar-refractivity contribution < 1.29 is 35.9 Å². The van der Waals surface area contributed by atoms with Crippen LogP contribution in [0, 0.1) is 6.92 Å². The van der Waals surface area contributed by atoms with Crippen molar-refractivity contribution in [1.29, 1.82) is 0 Å². The summed E-state index contributed by atoms with van der Waals surface area (Å²) < 4.78 is 8.64. The third-order valence-corrected chi connectivity index (χ3v) is 7.38. The largest absolute Gasteiger partial charge is 1.00 e. The molecule has 0 aliphatic heterocycles. The molecule has 4 nitrogen and oxygen atoms in total. The zero-order valence-corrected chi connectivity index (χ0v) is 23.2. The number of aromatic nitrogens is 1. The number of Topliss-reactive ketones (excluding diaryl/α,β-unsaturated/α-hetero) is 1. The van der Waals surface area contributed by atoms with Crippen molar-refractivity contribution in [2.45, 2.75) is 25.8 Å². The smallest absolute Gasteiger partial charge is 0.317 e. The van der Waals surface area contributed by atoms with Gasteiger partial charge < -0.3 is 21.7 Å². The van der Waals surface area contributed by atoms with Gasteiger partial charge in [0.15, 0.2) is 5.69 Å². The summed E-state index contributed by atoms with van der Waals surface area (Å²) in [5.41, 5.74) is 5.49. The van der Waals surface area contributed by atoms with Crippen molar-refractivity contribution in [3.63, 3.8) is 0 Å². The van der Waals surface area contributed by atoms with Gasteiger partial charge in [-0.1, -0.05) is 100 Å². The minimum absolute atomic E-state index is 0. The molecule has 1 aromatic heterocycles. The third kappa shape index (κ3) is 6.97. The maximum absolute atomic E-state index is 13.1. The zero-order valence-electron chi connectivity index (χ0n) is 19.2. The molecular formula is C28H25Br2NO3S. The number of esters is 1. The average Bonchev–Trinajstić information content (AvgIpc) is 3.20. The van der Waals surface area contributed by atoms with Gasteiger partial charge in [0.25, 0.3) is 0 Å². The van der Waals surface area contributed by atoms with Crippen LogP contribution in [0.25, 0.3) is 0 Å². The van der Waals surface area contributed by atoms with E-state index in [1.165, 1.54) is 0 Å². The van der Waals surface area contributed by atoms with Crippen LogP contribution >= 0.6 is 27.3 Å². The van der Waals surface area contributed by atoms with Crippen LogP contribution in [0.5, 0.6) is 0 Å². The van der Waals surface area contributed by atoms with E-state index in [-0.39, 0.29) is 41.9 Å². The number of nitrogens with zero attached hydrogens (tertiary/aromatic N) is 1. The first kappa shape index (κ1) is 27.0. The Morgan fingerprint density at radius 2 is 1.49 bits per heavy atom. The molecule has 0 spiro atoms. The van der Waals surface area contributed by atoms with Gasteiger partial charge in [-0.25, -0.2) is 0 Å². The molecule has 0 radical (unpaired) electrons. The highest BCUT2D eigenvalue weighted by molar-refractivity contribution is 9.10. The predicted octanol–water partition coefficient (Wildman–Crippen LogP) is 2.91. The van der Waals surface area contributed by atoms with Crippen LogP contribution < -0.4 is 21.5 Å². The highest BCUT2D eigenvalue weighted by atomic mass is 79.9. The Bertz CT molecular complexity index is 1220. The number of ketones is 1. The van der Waals surface area contributed by atoms with Gasteiger partial charge >= 0.3 is 5.97 Å². The summed E-state index contributed by atoms with van der Waals surface area (Å²) in [6.45, 7) is 2.57. The predicted molar refractivity (Wildman–Crippen MR) is 137 cm³/mol. The highest BCUT2D eigenvalue weighted by Gasteiger charge is 2.25. The van der Waals surface area contributed by atoms with Gasteiger partial charge in [-0.2, -0.15) is 4.57 Å². The van der Waals surface area contributed by atoms with Crippen LogP contribution in [0.1, 0.15) is 38.0 Å². The molecule has 0 atom stereocenters. The van der Waals surface area contributed by atoms with Crippen LogP contribution in [0.4, 0.5) is 0 Å². The van der Waals surface area contributed by atoms with E-state index in [0.717, 1.165) is 26.2 Å². The highest BCUT2D eigenvalue weighted by Crippen LogP contribution is 2.26. The SMILES string of the molecule is Cc1c(CCOC(=O)C(c2ccccc2)c2ccccc2)sc[n+]1CC(=O)c1ccc(Br)cc1.[Br-]. The first-order valence-electron chi connectivity index (χ1n) is 11.0. The Labute approximate surface area is 228 Å². The fourth-order valence-electron chi connectivity index (χ4n) is 3.81. The summed E-state index contributed by atoms with van der Waals surface area (Å²) in [4.78, 5) is 26.8. The first-order valence-corrected chi connectivity index (χ1v) is 12.7. The van der Waals surface area contributed by atoms with Gasteiger partial charge in [0.1, 0.15) is 5.92 Å². The molecule has 1 heterocycles. The van der Waals surface area contributed by atoms with Gasteiger partial charge in [-0.3, -0.25) is 9.59 Å². The molecule has 0 fully saturated rings. The molecule has 3 aromatic carbocycles. The monoisotopic (exact) mass is 613 g/mol. The molecule has 0 N–H and O–H groups in total. The minimum Gasteiger partial charge on any atom is -1.00 e. The molecule has 0 saturated heterocycles. The summed E-state index contributed by atoms with van der Waals surface area (Å²) in [6, 6.07) is 26.8. The van der Waals surface area contributed by atoms with Crippen molar-refractivity contribution in [3.8, 4) is 0 Å². The van der Waals surface area contributed by atoms with Gasteiger partial charge in [0.2, 0.25) is 17.8 Å². The molecule has 0 aliphatic carbocycles. The second-order valence-electron chi connectivity index (χ2n) is 7.96. The summed E-state index contributed by atoms with van der Waals surface area (Å²) >= 11 is 4.98. The van der Waals surface area contributed by atoms with Gasteiger partial charge in [0.05, 0.1) is 11.5 Å². The van der Waals surface area contributed by atoms with Crippen LogP contribution in [-0.2, 0) is 22.5 Å². The molecule has 7 heteroatoms. The average molecular weight is 615 g/mol. The quantitative estimate of drug-likeness (QED) is 0.166. The fraction of sp³-hybridized carbons (Fsp3) is 0.179. The standard InChI is InChI=1S/C28H25BrNO3S.BrH/c1-20-26(34-19-30(20)18-25(31)21-12-14-24(29)15-13-21)16-17-33-28(32)27(22-8-4-2-5-9-22)23-10-6-3-7-11-23;/h2-15,19,27H,16-18H2,1H3;1H/q+1;/p-1. The zero-order chi connectivity index (χ0) is 23.9. The topological polar surface area (TPSA) is 47.2 Å². The van der Waals surface area contributed by atoms with Crippen molar-refractivity contribution >= 4 is 39.0 Å². The molecule has 0 amide bonds. The van der Waals surface area contributed by atoms with Gasteiger partial charge in [-0.15, -0.1) is 0 Å². The molecule has 0 saturated carbocycles. The van der Waals surface area contributed by atoms with Gasteiger partial charge in [0, 0.05) is 23.4 Å². The number of carbonyl (C=O) groups is 2. The van der Waals surface area contributed by atoms with E-state index >= 15 is 0 Å². The maximum atomic E-state index is 13.1. The van der Waals surface area contributed by atoms with E-state index in [4.69, 9.17) is 4.74 Å². The normalized spacial score (nSPS) is 10.6. The van der Waals surface area contributed by atoms with E-state index in [2.05, 4.69) is 15.9 Å². The second kappa shape index (κ2) is 12.9. The van der Waals surface area contributed by atoms with Crippen LogP contribution in [0.2, 0.25) is 0 Å². The van der Waals surface area contributed by atoms with Crippen molar-refractivity contribution in [1.82, 2.24) is 0 Å². The van der Waals surface area contributed by atoms with E-state index in [0.29, 0.717) is 12.0 Å². The van der Waals surface area contributed by atoms with Gasteiger partial charge in [-0.05, 0) is 23.3 Å². The number of rotatable bonds is 9. The Kier molecular flexibility index (Phi) is 9.95. The summed E-state index contributed by atoms with van der Waals surface area (Å²) in [5, 5.41) is 0. The van der Waals surface area contributed by atoms with Crippen molar-refractivity contribution in [2.75, 3.05) is 6.61 Å². The fourth-order valence-corrected chi connectivity index (χ4v) is 5.05. The van der Waals surface area contributed by atoms with E-state index in [1.807, 2.05) is 102 Å². The van der Waals surface area contributed by atoms with E-state index in [9.17, 15) is 9.59 Å². The molecule has 0 bridgehead atoms. The maximum Gasteiger partial charge on any atom is 0.317 e. The minimum atomic E-state index is -0.458. The van der Waals surface area contributed by atoms with Crippen LogP contribution in [0.3, 0.4) is 0 Å². The molecule has 0 aliphatic rings. The number of halogens is 2. The third-order valence-electron chi connectivity index (χ3n) is 5.71. The molecular weight excluding hydrogens is 590 g/mol. The summed E-state index contributed by atoms with van der Waals surface area (Å²) in [6.07, 6.45) is 0.609.